The van der Waals surface area contributed by atoms with E-state index in [9.17, 15) is 10.2 Å². The molecule has 0 aliphatic carbocycles. The van der Waals surface area contributed by atoms with Gasteiger partial charge < -0.3 is 20.0 Å². The van der Waals surface area contributed by atoms with Crippen molar-refractivity contribution in [3.05, 3.63) is 22.0 Å². The average Bonchev–Trinajstić information content (AvgIpc) is 3.33. The molecule has 4 rings (SSSR count). The number of hydrogen-bond acceptors (Lipinski definition) is 8. The van der Waals surface area contributed by atoms with E-state index in [-0.39, 0.29) is 11.1 Å². The van der Waals surface area contributed by atoms with Gasteiger partial charge in [0, 0.05) is 22.9 Å². The molecule has 10 heteroatoms. The second kappa shape index (κ2) is 13.1. The minimum atomic E-state index is -0.471. The molecule has 4 aliphatic rings. The van der Waals surface area contributed by atoms with Crippen LogP contribution in [0.1, 0.15) is 85.5 Å². The highest BCUT2D eigenvalue weighted by Crippen LogP contribution is 2.44. The molecule has 0 spiro atoms. The summed E-state index contributed by atoms with van der Waals surface area (Å²) in [7, 11) is 0. The smallest absolute Gasteiger partial charge is 0.108 e. The SMILES string of the molecule is CC(C)(CCC(O)CCC(O)CCC(C)(C)N1C(=S)C=C2SCCC2C1=S)N1C(=S)C=C2SCCCC2C1=S. The van der Waals surface area contributed by atoms with Crippen molar-refractivity contribution in [2.45, 2.75) is 109 Å². The van der Waals surface area contributed by atoms with Gasteiger partial charge in [-0.3, -0.25) is 0 Å². The van der Waals surface area contributed by atoms with Crippen molar-refractivity contribution < 1.29 is 10.2 Å². The molecule has 0 aromatic carbocycles. The molecule has 4 atom stereocenters. The van der Waals surface area contributed by atoms with E-state index in [4.69, 9.17) is 48.9 Å². The zero-order valence-corrected chi connectivity index (χ0v) is 28.4. The van der Waals surface area contributed by atoms with Crippen LogP contribution in [-0.2, 0) is 0 Å². The first-order valence-corrected chi connectivity index (χ1v) is 17.7. The normalized spacial score (nSPS) is 25.8. The lowest BCUT2D eigenvalue weighted by molar-refractivity contribution is 0.0882. The molecule has 0 bridgehead atoms. The average molecular weight is 643 g/mol. The van der Waals surface area contributed by atoms with Gasteiger partial charge in [-0.15, -0.1) is 23.5 Å². The summed E-state index contributed by atoms with van der Waals surface area (Å²) in [6.07, 6.45) is 10.7. The minimum Gasteiger partial charge on any atom is -0.393 e. The Kier molecular flexibility index (Phi) is 10.8. The maximum absolute atomic E-state index is 10.8. The van der Waals surface area contributed by atoms with Gasteiger partial charge in [0.15, 0.2) is 0 Å². The molecule has 4 nitrogen and oxygen atoms in total. The van der Waals surface area contributed by atoms with Gasteiger partial charge in [-0.1, -0.05) is 48.9 Å². The third-order valence-corrected chi connectivity index (χ3v) is 12.4. The number of thioether (sulfide) groups is 2. The van der Waals surface area contributed by atoms with E-state index in [2.05, 4.69) is 49.6 Å². The molecule has 0 aromatic heterocycles. The van der Waals surface area contributed by atoms with Crippen LogP contribution < -0.4 is 0 Å². The van der Waals surface area contributed by atoms with Crippen LogP contribution in [0, 0.1) is 11.8 Å². The van der Waals surface area contributed by atoms with Gasteiger partial charge in [0.2, 0.25) is 0 Å². The lowest BCUT2D eigenvalue weighted by atomic mass is 9.88. The van der Waals surface area contributed by atoms with E-state index in [0.717, 1.165) is 57.1 Å². The van der Waals surface area contributed by atoms with E-state index < -0.39 is 12.2 Å². The predicted molar refractivity (Wildman–Crippen MR) is 184 cm³/mol. The van der Waals surface area contributed by atoms with Crippen molar-refractivity contribution in [2.75, 3.05) is 11.5 Å². The molecule has 2 fully saturated rings. The molecule has 0 aromatic rings. The van der Waals surface area contributed by atoms with E-state index in [1.165, 1.54) is 16.2 Å². The van der Waals surface area contributed by atoms with Crippen molar-refractivity contribution in [1.82, 2.24) is 9.80 Å². The molecular formula is C29H42N2O2S6. The largest absolute Gasteiger partial charge is 0.393 e. The molecule has 216 valence electrons. The van der Waals surface area contributed by atoms with Crippen molar-refractivity contribution in [3.8, 4) is 0 Å². The first-order valence-electron chi connectivity index (χ1n) is 14.1. The topological polar surface area (TPSA) is 46.9 Å². The lowest BCUT2D eigenvalue weighted by Gasteiger charge is -2.46. The molecule has 2 saturated heterocycles. The molecule has 0 amide bonds. The second-order valence-corrected chi connectivity index (χ2v) is 16.4. The standard InChI is InChI=1S/C29H42N2O2S6/c1-28(2,30-24(34)16-22-20(26(30)36)6-5-14-38-22)12-9-18(32)7-8-19(33)10-13-29(3,4)31-25(35)17-23-21(27(31)37)11-15-39-23/h16-21,32-33H,5-15H2,1-4H3. The molecule has 0 radical (unpaired) electrons. The highest BCUT2D eigenvalue weighted by atomic mass is 32.2. The maximum Gasteiger partial charge on any atom is 0.108 e. The summed E-state index contributed by atoms with van der Waals surface area (Å²) in [4.78, 5) is 10.4. The fourth-order valence-electron chi connectivity index (χ4n) is 6.06. The van der Waals surface area contributed by atoms with Crippen LogP contribution in [0.5, 0.6) is 0 Å². The molecule has 4 aliphatic heterocycles. The number of aliphatic hydroxyl groups is 2. The highest BCUT2D eigenvalue weighted by Gasteiger charge is 2.41. The summed E-state index contributed by atoms with van der Waals surface area (Å²) in [5.41, 5.74) is -0.525. The van der Waals surface area contributed by atoms with Crippen LogP contribution >= 0.6 is 72.4 Å². The van der Waals surface area contributed by atoms with Gasteiger partial charge in [-0.2, -0.15) is 0 Å². The van der Waals surface area contributed by atoms with E-state index in [0.29, 0.717) is 37.5 Å². The van der Waals surface area contributed by atoms with Gasteiger partial charge in [0.1, 0.15) is 9.98 Å². The predicted octanol–water partition coefficient (Wildman–Crippen LogP) is 7.21. The van der Waals surface area contributed by atoms with Crippen molar-refractivity contribution in [3.63, 3.8) is 0 Å². The Hall–Kier alpha value is 0.0600. The van der Waals surface area contributed by atoms with Crippen molar-refractivity contribution >= 4 is 92.3 Å². The van der Waals surface area contributed by atoms with Crippen LogP contribution in [0.4, 0.5) is 0 Å². The Labute approximate surface area is 264 Å². The van der Waals surface area contributed by atoms with E-state index >= 15 is 0 Å². The quantitative estimate of drug-likeness (QED) is 0.226. The Morgan fingerprint density at radius 2 is 1.18 bits per heavy atom. The Bertz CT molecular complexity index is 1070. The number of rotatable bonds is 11. The van der Waals surface area contributed by atoms with Crippen LogP contribution in [0.15, 0.2) is 22.0 Å². The van der Waals surface area contributed by atoms with Gasteiger partial charge in [0.05, 0.1) is 22.2 Å². The molecule has 0 saturated carbocycles. The fraction of sp³-hybridized carbons (Fsp3) is 0.724. The van der Waals surface area contributed by atoms with Crippen LogP contribution in [0.3, 0.4) is 0 Å². The number of hydrogen-bond donors (Lipinski definition) is 2. The summed E-state index contributed by atoms with van der Waals surface area (Å²) in [6, 6.07) is 0. The highest BCUT2D eigenvalue weighted by molar-refractivity contribution is 8.03. The first kappa shape index (κ1) is 32.0. The van der Waals surface area contributed by atoms with Crippen molar-refractivity contribution in [1.29, 1.82) is 0 Å². The number of aliphatic hydroxyl groups excluding tert-OH is 2. The monoisotopic (exact) mass is 642 g/mol. The number of fused-ring (bicyclic) bond motifs is 2. The summed E-state index contributed by atoms with van der Waals surface area (Å²) in [5, 5.41) is 21.6. The summed E-state index contributed by atoms with van der Waals surface area (Å²) >= 11 is 27.0. The zero-order chi connectivity index (χ0) is 28.5. The maximum atomic E-state index is 10.8. The second-order valence-electron chi connectivity index (χ2n) is 12.4. The Morgan fingerprint density at radius 1 is 0.744 bits per heavy atom. The molecular weight excluding hydrogens is 601 g/mol. The molecule has 4 unspecified atom stereocenters. The van der Waals surface area contributed by atoms with Crippen LogP contribution in [0.2, 0.25) is 0 Å². The Balaban J connectivity index is 1.23. The first-order chi connectivity index (χ1) is 18.3. The number of nitrogens with zero attached hydrogens (tertiary/aromatic N) is 2. The third-order valence-electron chi connectivity index (χ3n) is 8.50. The lowest BCUT2D eigenvalue weighted by Crippen LogP contribution is -2.54. The summed E-state index contributed by atoms with van der Waals surface area (Å²) in [5.74, 6) is 2.86. The summed E-state index contributed by atoms with van der Waals surface area (Å²) in [6.45, 7) is 8.66. The zero-order valence-electron chi connectivity index (χ0n) is 23.5. The summed E-state index contributed by atoms with van der Waals surface area (Å²) < 4.78 is 0. The van der Waals surface area contributed by atoms with E-state index in [1.807, 2.05) is 23.5 Å². The van der Waals surface area contributed by atoms with Crippen LogP contribution in [-0.4, -0.2) is 74.8 Å². The fourth-order valence-corrected chi connectivity index (χ4v) is 11.0. The third kappa shape index (κ3) is 7.35. The van der Waals surface area contributed by atoms with Crippen LogP contribution in [0.25, 0.3) is 0 Å². The van der Waals surface area contributed by atoms with Gasteiger partial charge >= 0.3 is 0 Å². The Morgan fingerprint density at radius 3 is 1.67 bits per heavy atom. The van der Waals surface area contributed by atoms with Gasteiger partial charge in [0.25, 0.3) is 0 Å². The number of thiocarbonyl (C=S) groups is 4. The molecule has 4 heterocycles. The molecule has 39 heavy (non-hydrogen) atoms. The van der Waals surface area contributed by atoms with E-state index in [1.54, 1.807) is 0 Å². The molecule has 2 N–H and O–H groups in total. The minimum absolute atomic E-state index is 0.260. The van der Waals surface area contributed by atoms with Crippen molar-refractivity contribution in [2.24, 2.45) is 11.8 Å². The van der Waals surface area contributed by atoms with Gasteiger partial charge in [-0.05, 0) is 119 Å². The van der Waals surface area contributed by atoms with Gasteiger partial charge in [-0.25, -0.2) is 0 Å².